The van der Waals surface area contributed by atoms with E-state index in [1.807, 2.05) is 13.8 Å². The lowest BCUT2D eigenvalue weighted by Crippen LogP contribution is -2.47. The van der Waals surface area contributed by atoms with Crippen molar-refractivity contribution in [2.45, 2.75) is 103 Å². The Hall–Kier alpha value is -1.14. The first-order valence-corrected chi connectivity index (χ1v) is 12.6. The third kappa shape index (κ3) is 10.3. The van der Waals surface area contributed by atoms with Crippen LogP contribution in [-0.4, -0.2) is 73.0 Å². The van der Waals surface area contributed by atoms with E-state index in [9.17, 15) is 9.59 Å². The summed E-state index contributed by atoms with van der Waals surface area (Å²) in [6.45, 7) is 10.6. The van der Waals surface area contributed by atoms with Gasteiger partial charge in [0.05, 0.1) is 0 Å². The van der Waals surface area contributed by atoms with Gasteiger partial charge in [0.2, 0.25) is 11.8 Å². The Labute approximate surface area is 184 Å². The van der Waals surface area contributed by atoms with Gasteiger partial charge in [-0.1, -0.05) is 39.5 Å². The Morgan fingerprint density at radius 1 is 0.700 bits per heavy atom. The van der Waals surface area contributed by atoms with Crippen molar-refractivity contribution >= 4 is 11.8 Å². The standard InChI is InChI=1S/C24H46N4O2/c1-3-23(29)25-21-13-11-17-27(19-21)15-9-7-5-6-8-10-16-28-18-12-14-22(20-28)26-24(30)4-2/h21-22H,3-20H2,1-2H3,(H,25,29)(H,26,30). The van der Waals surface area contributed by atoms with E-state index in [0.717, 1.165) is 25.9 Å². The molecule has 2 heterocycles. The molecule has 6 nitrogen and oxygen atoms in total. The summed E-state index contributed by atoms with van der Waals surface area (Å²) in [5.41, 5.74) is 0. The quantitative estimate of drug-likeness (QED) is 0.447. The summed E-state index contributed by atoms with van der Waals surface area (Å²) < 4.78 is 0. The predicted molar refractivity (Wildman–Crippen MR) is 123 cm³/mol. The van der Waals surface area contributed by atoms with Crippen LogP contribution in [0.25, 0.3) is 0 Å². The lowest BCUT2D eigenvalue weighted by molar-refractivity contribution is -0.122. The molecule has 0 aliphatic carbocycles. The summed E-state index contributed by atoms with van der Waals surface area (Å²) in [7, 11) is 0. The molecular formula is C24H46N4O2. The summed E-state index contributed by atoms with van der Waals surface area (Å²) in [6, 6.07) is 0.715. The number of amides is 2. The third-order valence-electron chi connectivity index (χ3n) is 6.58. The van der Waals surface area contributed by atoms with Crippen LogP contribution in [0, 0.1) is 0 Å². The van der Waals surface area contributed by atoms with Gasteiger partial charge in [0.1, 0.15) is 0 Å². The molecule has 2 aliphatic heterocycles. The first-order chi connectivity index (χ1) is 14.6. The Morgan fingerprint density at radius 2 is 1.10 bits per heavy atom. The summed E-state index contributed by atoms with van der Waals surface area (Å²) in [5, 5.41) is 6.32. The highest BCUT2D eigenvalue weighted by Crippen LogP contribution is 2.14. The topological polar surface area (TPSA) is 64.7 Å². The van der Waals surface area contributed by atoms with Crippen molar-refractivity contribution < 1.29 is 9.59 Å². The first kappa shape index (κ1) is 25.1. The van der Waals surface area contributed by atoms with Gasteiger partial charge < -0.3 is 20.4 Å². The second kappa shape index (κ2) is 14.8. The fourth-order valence-corrected chi connectivity index (χ4v) is 4.79. The lowest BCUT2D eigenvalue weighted by Gasteiger charge is -2.33. The van der Waals surface area contributed by atoms with E-state index in [1.54, 1.807) is 0 Å². The fraction of sp³-hybridized carbons (Fsp3) is 0.917. The molecule has 0 aromatic carbocycles. The summed E-state index contributed by atoms with van der Waals surface area (Å²) in [6.07, 6.45) is 13.7. The normalized spacial score (nSPS) is 23.3. The van der Waals surface area contributed by atoms with Crippen LogP contribution in [0.4, 0.5) is 0 Å². The summed E-state index contributed by atoms with van der Waals surface area (Å²) in [4.78, 5) is 28.3. The molecule has 2 saturated heterocycles. The van der Waals surface area contributed by atoms with E-state index in [2.05, 4.69) is 20.4 Å². The van der Waals surface area contributed by atoms with E-state index in [4.69, 9.17) is 0 Å². The number of hydrogen-bond acceptors (Lipinski definition) is 4. The van der Waals surface area contributed by atoms with Crippen molar-refractivity contribution in [3.8, 4) is 0 Å². The van der Waals surface area contributed by atoms with E-state index in [0.29, 0.717) is 24.9 Å². The van der Waals surface area contributed by atoms with Crippen molar-refractivity contribution in [3.05, 3.63) is 0 Å². The summed E-state index contributed by atoms with van der Waals surface area (Å²) in [5.74, 6) is 0.375. The van der Waals surface area contributed by atoms with Gasteiger partial charge in [-0.25, -0.2) is 0 Å². The molecule has 2 fully saturated rings. The van der Waals surface area contributed by atoms with Crippen molar-refractivity contribution in [2.75, 3.05) is 39.3 Å². The van der Waals surface area contributed by atoms with E-state index in [1.165, 1.54) is 77.5 Å². The van der Waals surface area contributed by atoms with Crippen LogP contribution in [0.1, 0.15) is 90.9 Å². The minimum absolute atomic E-state index is 0.188. The van der Waals surface area contributed by atoms with E-state index >= 15 is 0 Å². The summed E-state index contributed by atoms with van der Waals surface area (Å²) >= 11 is 0. The van der Waals surface area contributed by atoms with Gasteiger partial charge >= 0.3 is 0 Å². The third-order valence-corrected chi connectivity index (χ3v) is 6.58. The number of carbonyl (C=O) groups excluding carboxylic acids is 2. The zero-order valence-electron chi connectivity index (χ0n) is 19.6. The first-order valence-electron chi connectivity index (χ1n) is 12.6. The monoisotopic (exact) mass is 422 g/mol. The number of nitrogens with one attached hydrogen (secondary N) is 2. The molecule has 0 aromatic heterocycles. The fourth-order valence-electron chi connectivity index (χ4n) is 4.79. The molecule has 0 bridgehead atoms. The number of nitrogens with zero attached hydrogens (tertiary/aromatic N) is 2. The highest BCUT2D eigenvalue weighted by Gasteiger charge is 2.21. The van der Waals surface area contributed by atoms with Crippen molar-refractivity contribution in [2.24, 2.45) is 0 Å². The van der Waals surface area contributed by atoms with Gasteiger partial charge in [0, 0.05) is 38.0 Å². The molecular weight excluding hydrogens is 376 g/mol. The molecule has 0 aromatic rings. The largest absolute Gasteiger partial charge is 0.352 e. The van der Waals surface area contributed by atoms with Crippen LogP contribution in [-0.2, 0) is 9.59 Å². The lowest BCUT2D eigenvalue weighted by atomic mass is 10.0. The van der Waals surface area contributed by atoms with Gasteiger partial charge in [-0.2, -0.15) is 0 Å². The average molecular weight is 423 g/mol. The van der Waals surface area contributed by atoms with E-state index < -0.39 is 0 Å². The molecule has 6 heteroatoms. The zero-order chi connectivity index (χ0) is 21.6. The maximum atomic E-state index is 11.6. The van der Waals surface area contributed by atoms with Crippen LogP contribution >= 0.6 is 0 Å². The van der Waals surface area contributed by atoms with Gasteiger partial charge in [0.15, 0.2) is 0 Å². The van der Waals surface area contributed by atoms with Crippen molar-refractivity contribution in [1.29, 1.82) is 0 Å². The van der Waals surface area contributed by atoms with Crippen LogP contribution < -0.4 is 10.6 Å². The molecule has 2 N–H and O–H groups in total. The van der Waals surface area contributed by atoms with Gasteiger partial charge in [-0.3, -0.25) is 9.59 Å². The van der Waals surface area contributed by atoms with Gasteiger partial charge in [-0.05, 0) is 64.7 Å². The van der Waals surface area contributed by atoms with Crippen LogP contribution in [0.3, 0.4) is 0 Å². The maximum absolute atomic E-state index is 11.6. The molecule has 0 spiro atoms. The highest BCUT2D eigenvalue weighted by molar-refractivity contribution is 5.76. The number of unbranched alkanes of at least 4 members (excludes halogenated alkanes) is 5. The van der Waals surface area contributed by atoms with Gasteiger partial charge in [0.25, 0.3) is 0 Å². The minimum atomic E-state index is 0.188. The van der Waals surface area contributed by atoms with Crippen LogP contribution in [0.5, 0.6) is 0 Å². The molecule has 174 valence electrons. The number of rotatable bonds is 13. The zero-order valence-corrected chi connectivity index (χ0v) is 19.6. The Balaban J connectivity index is 1.44. The average Bonchev–Trinajstić information content (AvgIpc) is 2.76. The SMILES string of the molecule is CCC(=O)NC1CCCN(CCCCCCCCN2CCCC(NC(=O)CC)C2)C1. The molecule has 2 unspecified atom stereocenters. The highest BCUT2D eigenvalue weighted by atomic mass is 16.2. The second-order valence-corrected chi connectivity index (χ2v) is 9.24. The van der Waals surface area contributed by atoms with Crippen molar-refractivity contribution in [3.63, 3.8) is 0 Å². The van der Waals surface area contributed by atoms with Crippen molar-refractivity contribution in [1.82, 2.24) is 20.4 Å². The second-order valence-electron chi connectivity index (χ2n) is 9.24. The predicted octanol–water partition coefficient (Wildman–Crippen LogP) is 3.31. The molecule has 0 saturated carbocycles. The number of hydrogen-bond donors (Lipinski definition) is 2. The smallest absolute Gasteiger partial charge is 0.219 e. The van der Waals surface area contributed by atoms with Crippen LogP contribution in [0.2, 0.25) is 0 Å². The molecule has 2 aliphatic rings. The Kier molecular flexibility index (Phi) is 12.4. The molecule has 2 amide bonds. The van der Waals surface area contributed by atoms with Crippen LogP contribution in [0.15, 0.2) is 0 Å². The molecule has 2 rings (SSSR count). The molecule has 2 atom stereocenters. The number of carbonyl (C=O) groups is 2. The Morgan fingerprint density at radius 3 is 1.50 bits per heavy atom. The maximum Gasteiger partial charge on any atom is 0.219 e. The van der Waals surface area contributed by atoms with E-state index in [-0.39, 0.29) is 11.8 Å². The molecule has 0 radical (unpaired) electrons. The van der Waals surface area contributed by atoms with Gasteiger partial charge in [-0.15, -0.1) is 0 Å². The minimum Gasteiger partial charge on any atom is -0.352 e. The number of piperidine rings is 2. The molecule has 30 heavy (non-hydrogen) atoms. The number of likely N-dealkylation sites (tertiary alicyclic amines) is 2. The Bertz CT molecular complexity index is 456.